The summed E-state index contributed by atoms with van der Waals surface area (Å²) in [4.78, 5) is 0. The first-order chi connectivity index (χ1) is 9.38. The highest BCUT2D eigenvalue weighted by molar-refractivity contribution is 5.69. The van der Waals surface area contributed by atoms with Gasteiger partial charge in [0.1, 0.15) is 5.75 Å². The molecule has 100 valence electrons. The molecule has 0 radical (unpaired) electrons. The molecule has 0 bridgehead atoms. The number of para-hydroxylation sites is 1. The first-order valence-electron chi connectivity index (χ1n) is 7.21. The maximum absolute atomic E-state index is 9.56. The summed E-state index contributed by atoms with van der Waals surface area (Å²) in [5.74, 6) is 0.328. The third kappa shape index (κ3) is 4.44. The van der Waals surface area contributed by atoms with Crippen molar-refractivity contribution in [3.05, 3.63) is 54.6 Å². The van der Waals surface area contributed by atoms with Crippen LogP contribution >= 0.6 is 0 Å². The highest BCUT2D eigenvalue weighted by atomic mass is 16.3. The van der Waals surface area contributed by atoms with E-state index in [1.807, 2.05) is 48.5 Å². The van der Waals surface area contributed by atoms with Crippen molar-refractivity contribution in [3.63, 3.8) is 0 Å². The van der Waals surface area contributed by atoms with E-state index in [1.165, 1.54) is 38.5 Å². The summed E-state index contributed by atoms with van der Waals surface area (Å²) < 4.78 is 0. The Kier molecular flexibility index (Phi) is 5.49. The molecule has 3 rings (SSSR count). The second-order valence-corrected chi connectivity index (χ2v) is 5.00. The van der Waals surface area contributed by atoms with E-state index in [2.05, 4.69) is 0 Å². The average molecular weight is 254 g/mol. The number of phenolic OH excluding ortho intramolecular Hbond substituents is 1. The van der Waals surface area contributed by atoms with Crippen LogP contribution in [0.25, 0.3) is 11.1 Å². The minimum Gasteiger partial charge on any atom is -0.507 e. The summed E-state index contributed by atoms with van der Waals surface area (Å²) in [7, 11) is 0. The van der Waals surface area contributed by atoms with Crippen LogP contribution in [-0.2, 0) is 0 Å². The van der Waals surface area contributed by atoms with Crippen molar-refractivity contribution in [2.45, 2.75) is 38.5 Å². The molecule has 1 N–H and O–H groups in total. The van der Waals surface area contributed by atoms with E-state index < -0.39 is 0 Å². The minimum absolute atomic E-state index is 0.328. The van der Waals surface area contributed by atoms with Crippen molar-refractivity contribution in [2.75, 3.05) is 0 Å². The van der Waals surface area contributed by atoms with Crippen LogP contribution in [0, 0.1) is 0 Å². The van der Waals surface area contributed by atoms with Crippen LogP contribution in [0.3, 0.4) is 0 Å². The molecule has 19 heavy (non-hydrogen) atoms. The molecular formula is C18H22O. The van der Waals surface area contributed by atoms with E-state index in [0.29, 0.717) is 5.75 Å². The lowest BCUT2D eigenvalue weighted by molar-refractivity contribution is 0.477. The molecule has 0 atom stereocenters. The quantitative estimate of drug-likeness (QED) is 0.722. The predicted molar refractivity (Wildman–Crippen MR) is 81.2 cm³/mol. The van der Waals surface area contributed by atoms with Gasteiger partial charge in [-0.3, -0.25) is 0 Å². The van der Waals surface area contributed by atoms with Gasteiger partial charge in [0.15, 0.2) is 0 Å². The lowest BCUT2D eigenvalue weighted by Gasteiger charge is -2.05. The highest BCUT2D eigenvalue weighted by Gasteiger charge is 2.00. The Bertz CT molecular complexity index is 461. The largest absolute Gasteiger partial charge is 0.507 e. The minimum atomic E-state index is 0.328. The number of benzene rings is 2. The Morgan fingerprint density at radius 1 is 0.579 bits per heavy atom. The molecule has 1 saturated carbocycles. The maximum Gasteiger partial charge on any atom is 0.123 e. The molecule has 0 unspecified atom stereocenters. The normalized spacial score (nSPS) is 14.3. The fraction of sp³-hybridized carbons (Fsp3) is 0.333. The van der Waals surface area contributed by atoms with Gasteiger partial charge in [-0.25, -0.2) is 0 Å². The van der Waals surface area contributed by atoms with E-state index in [9.17, 15) is 5.11 Å². The smallest absolute Gasteiger partial charge is 0.123 e. The van der Waals surface area contributed by atoms with Crippen LogP contribution in [0.2, 0.25) is 0 Å². The van der Waals surface area contributed by atoms with Crippen molar-refractivity contribution in [1.82, 2.24) is 0 Å². The Labute approximate surface area is 115 Å². The summed E-state index contributed by atoms with van der Waals surface area (Å²) in [6.07, 6.45) is 9.00. The van der Waals surface area contributed by atoms with Gasteiger partial charge in [0.05, 0.1) is 0 Å². The first kappa shape index (κ1) is 13.7. The van der Waals surface area contributed by atoms with Crippen LogP contribution in [0.15, 0.2) is 54.6 Å². The summed E-state index contributed by atoms with van der Waals surface area (Å²) in [6, 6.07) is 17.2. The summed E-state index contributed by atoms with van der Waals surface area (Å²) in [5.41, 5.74) is 1.92. The zero-order valence-electron chi connectivity index (χ0n) is 11.4. The van der Waals surface area contributed by atoms with Crippen molar-refractivity contribution in [3.8, 4) is 16.9 Å². The molecule has 0 saturated heterocycles. The van der Waals surface area contributed by atoms with Crippen LogP contribution in [0.1, 0.15) is 38.5 Å². The lowest BCUT2D eigenvalue weighted by Crippen LogP contribution is -1.85. The lowest BCUT2D eigenvalue weighted by atomic mass is 10.0. The van der Waals surface area contributed by atoms with Gasteiger partial charge in [-0.1, -0.05) is 87.1 Å². The second-order valence-electron chi connectivity index (χ2n) is 5.00. The molecule has 0 aliphatic heterocycles. The van der Waals surface area contributed by atoms with E-state index in [0.717, 1.165) is 11.1 Å². The highest BCUT2D eigenvalue weighted by Crippen LogP contribution is 2.27. The van der Waals surface area contributed by atoms with Gasteiger partial charge in [-0.15, -0.1) is 0 Å². The molecule has 0 amide bonds. The molecular weight excluding hydrogens is 232 g/mol. The van der Waals surface area contributed by atoms with Gasteiger partial charge < -0.3 is 5.11 Å². The monoisotopic (exact) mass is 254 g/mol. The van der Waals surface area contributed by atoms with Crippen molar-refractivity contribution >= 4 is 0 Å². The van der Waals surface area contributed by atoms with E-state index >= 15 is 0 Å². The van der Waals surface area contributed by atoms with Gasteiger partial charge in [0.2, 0.25) is 0 Å². The topological polar surface area (TPSA) is 20.2 Å². The molecule has 0 heterocycles. The molecule has 0 aromatic heterocycles. The summed E-state index contributed by atoms with van der Waals surface area (Å²) in [6.45, 7) is 0. The van der Waals surface area contributed by atoms with E-state index in [1.54, 1.807) is 6.07 Å². The standard InChI is InChI=1S/C12H10O.C6H12/c13-12-9-5-4-8-11(12)10-6-2-1-3-7-10;1-2-4-6-5-3-1/h1-9,13H;1-6H2. The summed E-state index contributed by atoms with van der Waals surface area (Å²) >= 11 is 0. The third-order valence-electron chi connectivity index (χ3n) is 3.49. The van der Waals surface area contributed by atoms with Gasteiger partial charge in [-0.2, -0.15) is 0 Å². The Hall–Kier alpha value is -1.76. The SMILES string of the molecule is C1CCCCC1.Oc1ccccc1-c1ccccc1. The molecule has 1 aliphatic rings. The average Bonchev–Trinajstić information content (AvgIpc) is 2.51. The number of phenols is 1. The molecule has 2 aromatic rings. The van der Waals surface area contributed by atoms with E-state index in [-0.39, 0.29) is 0 Å². The Morgan fingerprint density at radius 3 is 1.58 bits per heavy atom. The maximum atomic E-state index is 9.56. The molecule has 0 spiro atoms. The fourth-order valence-corrected chi connectivity index (χ4v) is 2.40. The van der Waals surface area contributed by atoms with Gasteiger partial charge in [-0.05, 0) is 11.6 Å². The number of aromatic hydroxyl groups is 1. The molecule has 1 nitrogen and oxygen atoms in total. The third-order valence-corrected chi connectivity index (χ3v) is 3.49. The first-order valence-corrected chi connectivity index (χ1v) is 7.21. The zero-order chi connectivity index (χ0) is 13.3. The fourth-order valence-electron chi connectivity index (χ4n) is 2.40. The molecule has 2 aromatic carbocycles. The molecule has 1 fully saturated rings. The zero-order valence-corrected chi connectivity index (χ0v) is 11.4. The number of hydrogen-bond acceptors (Lipinski definition) is 1. The number of hydrogen-bond donors (Lipinski definition) is 1. The Balaban J connectivity index is 0.000000186. The summed E-state index contributed by atoms with van der Waals surface area (Å²) in [5, 5.41) is 9.56. The van der Waals surface area contributed by atoms with Crippen molar-refractivity contribution < 1.29 is 5.11 Å². The van der Waals surface area contributed by atoms with Crippen LogP contribution < -0.4 is 0 Å². The van der Waals surface area contributed by atoms with Crippen molar-refractivity contribution in [1.29, 1.82) is 0 Å². The van der Waals surface area contributed by atoms with Crippen molar-refractivity contribution in [2.24, 2.45) is 0 Å². The van der Waals surface area contributed by atoms with E-state index in [4.69, 9.17) is 0 Å². The van der Waals surface area contributed by atoms with Crippen LogP contribution in [0.5, 0.6) is 5.75 Å². The molecule has 1 heteroatoms. The molecule has 1 aliphatic carbocycles. The van der Waals surface area contributed by atoms with Gasteiger partial charge in [0, 0.05) is 5.56 Å². The van der Waals surface area contributed by atoms with Crippen LogP contribution in [0.4, 0.5) is 0 Å². The Morgan fingerprint density at radius 2 is 1.05 bits per heavy atom. The number of rotatable bonds is 1. The van der Waals surface area contributed by atoms with Gasteiger partial charge >= 0.3 is 0 Å². The van der Waals surface area contributed by atoms with Crippen LogP contribution in [-0.4, -0.2) is 5.11 Å². The van der Waals surface area contributed by atoms with Gasteiger partial charge in [0.25, 0.3) is 0 Å². The predicted octanol–water partition coefficient (Wildman–Crippen LogP) is 5.40. The second kappa shape index (κ2) is 7.63.